The van der Waals surface area contributed by atoms with Crippen LogP contribution in [-0.2, 0) is 25.6 Å². The van der Waals surface area contributed by atoms with E-state index in [4.69, 9.17) is 0 Å². The van der Waals surface area contributed by atoms with Gasteiger partial charge in [-0.1, -0.05) is 32.0 Å². The third-order valence-electron chi connectivity index (χ3n) is 6.49. The second kappa shape index (κ2) is 12.7. The average molecular weight is 516 g/mol. The number of carboxylic acid groups (broad SMARTS) is 1. The lowest BCUT2D eigenvalue weighted by atomic mass is 10.0. The van der Waals surface area contributed by atoms with Crippen LogP contribution in [0.5, 0.6) is 0 Å². The van der Waals surface area contributed by atoms with E-state index in [1.165, 1.54) is 6.92 Å². The van der Waals surface area contributed by atoms with Crippen molar-refractivity contribution in [1.29, 1.82) is 0 Å². The Kier molecular flexibility index (Phi) is 9.65. The van der Waals surface area contributed by atoms with Crippen LogP contribution in [0.4, 0.5) is 0 Å². The molecule has 0 radical (unpaired) electrons. The summed E-state index contributed by atoms with van der Waals surface area (Å²) in [4.78, 5) is 53.9. The molecule has 1 aromatic heterocycles. The first-order valence-electron chi connectivity index (χ1n) is 12.7. The molecule has 7 N–H and O–H groups in total. The molecule has 5 unspecified atom stereocenters. The highest BCUT2D eigenvalue weighted by molar-refractivity contribution is 5.95. The van der Waals surface area contributed by atoms with Gasteiger partial charge < -0.3 is 36.5 Å². The van der Waals surface area contributed by atoms with Gasteiger partial charge in [-0.15, -0.1) is 0 Å². The van der Waals surface area contributed by atoms with Crippen LogP contribution in [0.25, 0.3) is 10.9 Å². The number of carbonyl (C=O) groups excluding carboxylic acids is 3. The molecule has 1 fully saturated rings. The van der Waals surface area contributed by atoms with Crippen molar-refractivity contribution >= 4 is 34.6 Å². The van der Waals surface area contributed by atoms with Gasteiger partial charge in [0.15, 0.2) is 0 Å². The molecule has 0 bridgehead atoms. The highest BCUT2D eigenvalue weighted by Gasteiger charge is 2.34. The van der Waals surface area contributed by atoms with Crippen molar-refractivity contribution in [3.05, 3.63) is 36.0 Å². The lowest BCUT2D eigenvalue weighted by molar-refractivity contribution is -0.143. The van der Waals surface area contributed by atoms with Crippen LogP contribution in [0, 0.1) is 5.92 Å². The van der Waals surface area contributed by atoms with Crippen LogP contribution in [0.3, 0.4) is 0 Å². The summed E-state index contributed by atoms with van der Waals surface area (Å²) < 4.78 is 0. The van der Waals surface area contributed by atoms with Crippen molar-refractivity contribution in [2.75, 3.05) is 6.54 Å². The van der Waals surface area contributed by atoms with Gasteiger partial charge in [-0.25, -0.2) is 4.79 Å². The van der Waals surface area contributed by atoms with Gasteiger partial charge in [0.1, 0.15) is 18.1 Å². The minimum Gasteiger partial charge on any atom is -0.480 e. The lowest BCUT2D eigenvalue weighted by Crippen LogP contribution is -2.60. The zero-order valence-corrected chi connectivity index (χ0v) is 21.4. The number of aromatic amines is 1. The number of H-pyrrole nitrogens is 1. The molecule has 2 aromatic rings. The molecule has 11 nitrogen and oxygen atoms in total. The number of aliphatic hydroxyl groups excluding tert-OH is 1. The topological polar surface area (TPSA) is 173 Å². The number of benzene rings is 1. The van der Waals surface area contributed by atoms with E-state index >= 15 is 0 Å². The number of aliphatic carboxylic acids is 1. The van der Waals surface area contributed by atoms with E-state index in [1.807, 2.05) is 38.1 Å². The minimum atomic E-state index is -1.41. The lowest BCUT2D eigenvalue weighted by Gasteiger charge is -2.27. The van der Waals surface area contributed by atoms with E-state index in [0.717, 1.165) is 22.9 Å². The van der Waals surface area contributed by atoms with Crippen LogP contribution in [-0.4, -0.2) is 75.7 Å². The van der Waals surface area contributed by atoms with Crippen molar-refractivity contribution < 1.29 is 29.4 Å². The van der Waals surface area contributed by atoms with Crippen molar-refractivity contribution in [3.63, 3.8) is 0 Å². The number of aromatic nitrogens is 1. The minimum absolute atomic E-state index is 0.000884. The smallest absolute Gasteiger partial charge is 0.326 e. The highest BCUT2D eigenvalue weighted by atomic mass is 16.4. The zero-order valence-electron chi connectivity index (χ0n) is 21.4. The van der Waals surface area contributed by atoms with Crippen LogP contribution in [0.1, 0.15) is 45.6 Å². The van der Waals surface area contributed by atoms with Crippen LogP contribution in [0.2, 0.25) is 0 Å². The Bertz CT molecular complexity index is 1110. The Labute approximate surface area is 215 Å². The number of hydrogen-bond donors (Lipinski definition) is 7. The summed E-state index contributed by atoms with van der Waals surface area (Å²) in [6.07, 6.45) is 2.30. The molecule has 5 atom stereocenters. The number of rotatable bonds is 12. The number of hydrogen-bond acceptors (Lipinski definition) is 6. The molecule has 0 aliphatic carbocycles. The van der Waals surface area contributed by atoms with Crippen LogP contribution >= 0.6 is 0 Å². The van der Waals surface area contributed by atoms with Gasteiger partial charge in [0.2, 0.25) is 17.7 Å². The summed E-state index contributed by atoms with van der Waals surface area (Å²) in [6.45, 7) is 5.70. The molecule has 202 valence electrons. The number of carboxylic acids is 1. The van der Waals surface area contributed by atoms with E-state index in [9.17, 15) is 29.4 Å². The molecule has 2 heterocycles. The van der Waals surface area contributed by atoms with E-state index in [1.54, 1.807) is 6.20 Å². The first-order chi connectivity index (χ1) is 17.6. The summed E-state index contributed by atoms with van der Waals surface area (Å²) in [6, 6.07) is 3.54. The molecule has 0 saturated carbocycles. The summed E-state index contributed by atoms with van der Waals surface area (Å²) in [7, 11) is 0. The second-order valence-corrected chi connectivity index (χ2v) is 10.0. The number of amides is 3. The first kappa shape index (κ1) is 28.1. The number of nitrogens with one attached hydrogen (secondary N) is 5. The molecule has 1 aromatic carbocycles. The molecule has 3 amide bonds. The fraction of sp³-hybridized carbons (Fsp3) is 0.538. The number of aliphatic hydroxyl groups is 1. The summed E-state index contributed by atoms with van der Waals surface area (Å²) in [5, 5.41) is 31.5. The molecule has 37 heavy (non-hydrogen) atoms. The van der Waals surface area contributed by atoms with E-state index in [-0.39, 0.29) is 24.7 Å². The predicted octanol–water partition coefficient (Wildman–Crippen LogP) is 0.428. The molecule has 1 aliphatic rings. The normalized spacial score (nSPS) is 18.7. The average Bonchev–Trinajstić information content (AvgIpc) is 3.51. The molecule has 3 rings (SSSR count). The maximum Gasteiger partial charge on any atom is 0.326 e. The van der Waals surface area contributed by atoms with Gasteiger partial charge >= 0.3 is 5.97 Å². The van der Waals surface area contributed by atoms with Crippen LogP contribution < -0.4 is 21.3 Å². The monoisotopic (exact) mass is 515 g/mol. The number of para-hydroxylation sites is 1. The predicted molar refractivity (Wildman–Crippen MR) is 138 cm³/mol. The van der Waals surface area contributed by atoms with E-state index in [2.05, 4.69) is 26.3 Å². The van der Waals surface area contributed by atoms with Gasteiger partial charge in [-0.3, -0.25) is 14.4 Å². The largest absolute Gasteiger partial charge is 0.480 e. The Morgan fingerprint density at radius 3 is 2.38 bits per heavy atom. The molecule has 1 aliphatic heterocycles. The molecular weight excluding hydrogens is 478 g/mol. The molecular formula is C26H37N5O6. The Morgan fingerprint density at radius 2 is 1.76 bits per heavy atom. The Morgan fingerprint density at radius 1 is 1.03 bits per heavy atom. The Hall–Kier alpha value is -3.44. The fourth-order valence-corrected chi connectivity index (χ4v) is 4.52. The summed E-state index contributed by atoms with van der Waals surface area (Å²) in [5.41, 5.74) is 1.68. The van der Waals surface area contributed by atoms with Crippen LogP contribution in [0.15, 0.2) is 30.5 Å². The summed E-state index contributed by atoms with van der Waals surface area (Å²) >= 11 is 0. The third kappa shape index (κ3) is 7.53. The maximum absolute atomic E-state index is 13.4. The second-order valence-electron chi connectivity index (χ2n) is 10.0. The van der Waals surface area contributed by atoms with Gasteiger partial charge in [0.25, 0.3) is 0 Å². The first-order valence-corrected chi connectivity index (χ1v) is 12.7. The van der Waals surface area contributed by atoms with Gasteiger partial charge in [0.05, 0.1) is 12.1 Å². The van der Waals surface area contributed by atoms with Crippen molar-refractivity contribution in [2.45, 2.75) is 76.7 Å². The zero-order chi connectivity index (χ0) is 27.1. The third-order valence-corrected chi connectivity index (χ3v) is 6.49. The van der Waals surface area contributed by atoms with Crippen molar-refractivity contribution in [1.82, 2.24) is 26.3 Å². The maximum atomic E-state index is 13.4. The van der Waals surface area contributed by atoms with Gasteiger partial charge in [0, 0.05) is 23.5 Å². The van der Waals surface area contributed by atoms with E-state index < -0.39 is 48.1 Å². The SMILES string of the molecule is CC(C)CC(NC(=O)C(NC(=O)C(Cc1c[nH]c2ccccc12)NC(=O)C1CCCN1)C(C)O)C(=O)O. The van der Waals surface area contributed by atoms with Crippen molar-refractivity contribution in [3.8, 4) is 0 Å². The Balaban J connectivity index is 1.79. The number of carbonyl (C=O) groups is 4. The highest BCUT2D eigenvalue weighted by Crippen LogP contribution is 2.19. The fourth-order valence-electron chi connectivity index (χ4n) is 4.52. The molecule has 11 heteroatoms. The van der Waals surface area contributed by atoms with Crippen molar-refractivity contribution in [2.24, 2.45) is 5.92 Å². The number of fused-ring (bicyclic) bond motifs is 1. The molecule has 1 saturated heterocycles. The quantitative estimate of drug-likeness (QED) is 0.215. The summed E-state index contributed by atoms with van der Waals surface area (Å²) in [5.74, 6) is -3.00. The van der Waals surface area contributed by atoms with E-state index in [0.29, 0.717) is 13.0 Å². The standard InChI is InChI=1S/C26H37N5O6/c1-14(2)11-21(26(36)37)30-25(35)22(15(3)32)31-24(34)20(29-23(33)19-9-6-10-27-19)12-16-13-28-18-8-5-4-7-17(16)18/h4-5,7-8,13-15,19-22,27-28,32H,6,9-12H2,1-3H3,(H,29,33)(H,30,35)(H,31,34)(H,36,37). The molecule has 0 spiro atoms. The van der Waals surface area contributed by atoms with Gasteiger partial charge in [-0.05, 0) is 50.3 Å². The van der Waals surface area contributed by atoms with Gasteiger partial charge in [-0.2, -0.15) is 0 Å².